The fraction of sp³-hybridized carbons (Fsp3) is 0.417. The molecule has 0 amide bonds. The Labute approximate surface area is 109 Å². The number of nitrogens with two attached hydrogens (primary N) is 1. The van der Waals surface area contributed by atoms with Crippen molar-refractivity contribution in [2.75, 3.05) is 0 Å². The molecule has 0 spiro atoms. The highest BCUT2D eigenvalue weighted by Crippen LogP contribution is 2.28. The number of halogens is 1. The molecule has 2 atom stereocenters. The lowest BCUT2D eigenvalue weighted by atomic mass is 10.1. The van der Waals surface area contributed by atoms with Crippen LogP contribution in [0.5, 0.6) is 5.75 Å². The van der Waals surface area contributed by atoms with E-state index in [1.54, 1.807) is 19.1 Å². The molecule has 5 heteroatoms. The zero-order valence-corrected chi connectivity index (χ0v) is 11.4. The summed E-state index contributed by atoms with van der Waals surface area (Å²) in [5.74, 6) is -0.441. The number of rotatable bonds is 5. The maximum atomic E-state index is 10.9. The van der Waals surface area contributed by atoms with E-state index < -0.39 is 12.1 Å². The molecule has 17 heavy (non-hydrogen) atoms. The van der Waals surface area contributed by atoms with Crippen LogP contribution in [0.15, 0.2) is 22.7 Å². The van der Waals surface area contributed by atoms with Crippen molar-refractivity contribution < 1.29 is 14.6 Å². The third-order valence-corrected chi connectivity index (χ3v) is 2.87. The van der Waals surface area contributed by atoms with Crippen LogP contribution in [0.1, 0.15) is 31.9 Å². The molecule has 1 rings (SSSR count). The van der Waals surface area contributed by atoms with Crippen molar-refractivity contribution in [1.82, 2.24) is 0 Å². The van der Waals surface area contributed by atoms with Crippen molar-refractivity contribution in [1.29, 1.82) is 0 Å². The van der Waals surface area contributed by atoms with Gasteiger partial charge in [-0.25, -0.2) is 4.79 Å². The van der Waals surface area contributed by atoms with Crippen LogP contribution in [0.4, 0.5) is 0 Å². The highest BCUT2D eigenvalue weighted by atomic mass is 79.9. The summed E-state index contributed by atoms with van der Waals surface area (Å²) in [5.41, 5.74) is 6.62. The minimum Gasteiger partial charge on any atom is -0.479 e. The molecular weight excluding hydrogens is 286 g/mol. The number of benzene rings is 1. The number of ether oxygens (including phenoxy) is 1. The average molecular weight is 302 g/mol. The van der Waals surface area contributed by atoms with Gasteiger partial charge in [0.1, 0.15) is 5.75 Å². The van der Waals surface area contributed by atoms with Crippen LogP contribution in [0.3, 0.4) is 0 Å². The molecule has 0 saturated heterocycles. The van der Waals surface area contributed by atoms with Crippen LogP contribution >= 0.6 is 15.9 Å². The second-order valence-electron chi connectivity index (χ2n) is 3.82. The van der Waals surface area contributed by atoms with E-state index in [0.29, 0.717) is 12.2 Å². The van der Waals surface area contributed by atoms with Gasteiger partial charge in [-0.15, -0.1) is 0 Å². The summed E-state index contributed by atoms with van der Waals surface area (Å²) in [6.07, 6.45) is -0.433. The maximum absolute atomic E-state index is 10.9. The van der Waals surface area contributed by atoms with Crippen LogP contribution < -0.4 is 10.5 Å². The summed E-state index contributed by atoms with van der Waals surface area (Å²) < 4.78 is 6.36. The summed E-state index contributed by atoms with van der Waals surface area (Å²) in [4.78, 5) is 10.9. The second-order valence-corrected chi connectivity index (χ2v) is 4.74. The summed E-state index contributed by atoms with van der Waals surface area (Å²) in [5, 5.41) is 8.95. The molecule has 0 aromatic heterocycles. The van der Waals surface area contributed by atoms with Gasteiger partial charge in [0.25, 0.3) is 0 Å². The van der Waals surface area contributed by atoms with Crippen LogP contribution in [-0.2, 0) is 4.79 Å². The molecule has 0 radical (unpaired) electrons. The Morgan fingerprint density at radius 3 is 2.71 bits per heavy atom. The Balaban J connectivity index is 3.01. The smallest absolute Gasteiger partial charge is 0.344 e. The largest absolute Gasteiger partial charge is 0.479 e. The van der Waals surface area contributed by atoms with Gasteiger partial charge in [-0.3, -0.25) is 0 Å². The molecule has 1 aromatic carbocycles. The van der Waals surface area contributed by atoms with Gasteiger partial charge in [0.15, 0.2) is 6.10 Å². The van der Waals surface area contributed by atoms with E-state index in [0.717, 1.165) is 10.0 Å². The highest BCUT2D eigenvalue weighted by molar-refractivity contribution is 9.10. The average Bonchev–Trinajstić information content (AvgIpc) is 2.26. The van der Waals surface area contributed by atoms with Crippen LogP contribution in [0.25, 0.3) is 0 Å². The van der Waals surface area contributed by atoms with Crippen LogP contribution in [0, 0.1) is 0 Å². The molecule has 0 bridgehead atoms. The van der Waals surface area contributed by atoms with Crippen LogP contribution in [0.2, 0.25) is 0 Å². The third kappa shape index (κ3) is 3.71. The first-order valence-corrected chi connectivity index (χ1v) is 6.19. The van der Waals surface area contributed by atoms with Gasteiger partial charge in [-0.05, 0) is 31.5 Å². The number of carboxylic acid groups (broad SMARTS) is 1. The minimum atomic E-state index is -0.967. The van der Waals surface area contributed by atoms with Crippen molar-refractivity contribution in [3.8, 4) is 5.75 Å². The Bertz CT molecular complexity index is 407. The number of carboxylic acids is 1. The maximum Gasteiger partial charge on any atom is 0.344 e. The van der Waals surface area contributed by atoms with Gasteiger partial charge >= 0.3 is 5.97 Å². The lowest BCUT2D eigenvalue weighted by molar-refractivity contribution is -0.145. The second kappa shape index (κ2) is 6.02. The van der Waals surface area contributed by atoms with E-state index in [9.17, 15) is 4.79 Å². The summed E-state index contributed by atoms with van der Waals surface area (Å²) in [6.45, 7) is 3.60. The molecule has 3 N–H and O–H groups in total. The molecule has 0 saturated carbocycles. The molecule has 0 aliphatic carbocycles. The molecular formula is C12H16BrNO3. The zero-order valence-electron chi connectivity index (χ0n) is 9.81. The van der Waals surface area contributed by atoms with Crippen molar-refractivity contribution >= 4 is 21.9 Å². The fourth-order valence-electron chi connectivity index (χ4n) is 1.44. The van der Waals surface area contributed by atoms with E-state index >= 15 is 0 Å². The zero-order chi connectivity index (χ0) is 13.0. The van der Waals surface area contributed by atoms with E-state index in [4.69, 9.17) is 15.6 Å². The Morgan fingerprint density at radius 2 is 2.24 bits per heavy atom. The first-order chi connectivity index (χ1) is 7.95. The van der Waals surface area contributed by atoms with Gasteiger partial charge < -0.3 is 15.6 Å². The quantitative estimate of drug-likeness (QED) is 0.877. The van der Waals surface area contributed by atoms with Gasteiger partial charge in [-0.1, -0.05) is 22.9 Å². The third-order valence-electron chi connectivity index (χ3n) is 2.38. The summed E-state index contributed by atoms with van der Waals surface area (Å²) >= 11 is 3.35. The summed E-state index contributed by atoms with van der Waals surface area (Å²) in [6, 6.07) is 5.16. The first-order valence-electron chi connectivity index (χ1n) is 5.40. The fourth-order valence-corrected chi connectivity index (χ4v) is 1.82. The minimum absolute atomic E-state index is 0.214. The Kier molecular flexibility index (Phi) is 4.96. The van der Waals surface area contributed by atoms with Crippen molar-refractivity contribution in [3.05, 3.63) is 28.2 Å². The lowest BCUT2D eigenvalue weighted by Gasteiger charge is -2.18. The van der Waals surface area contributed by atoms with E-state index in [1.807, 2.05) is 13.0 Å². The van der Waals surface area contributed by atoms with Crippen molar-refractivity contribution in [2.24, 2.45) is 5.73 Å². The van der Waals surface area contributed by atoms with Gasteiger partial charge in [0.2, 0.25) is 0 Å². The molecule has 0 aliphatic heterocycles. The molecule has 1 aromatic rings. The standard InChI is InChI=1S/C12H16BrNO3/c1-3-10(12(15)16)17-11-5-4-8(13)6-9(11)7(2)14/h4-7,10H,3,14H2,1-2H3,(H,15,16)/t7-,10?/m1/s1. The lowest BCUT2D eigenvalue weighted by Crippen LogP contribution is -2.26. The number of hydrogen-bond acceptors (Lipinski definition) is 3. The molecule has 0 fully saturated rings. The topological polar surface area (TPSA) is 72.5 Å². The SMILES string of the molecule is CCC(Oc1ccc(Br)cc1[C@@H](C)N)C(=O)O. The molecule has 4 nitrogen and oxygen atoms in total. The first kappa shape index (κ1) is 14.0. The number of aliphatic carboxylic acids is 1. The van der Waals surface area contributed by atoms with Gasteiger partial charge in [0, 0.05) is 16.1 Å². The van der Waals surface area contributed by atoms with Crippen molar-refractivity contribution in [2.45, 2.75) is 32.4 Å². The monoisotopic (exact) mass is 301 g/mol. The number of carbonyl (C=O) groups is 1. The van der Waals surface area contributed by atoms with E-state index in [1.165, 1.54) is 0 Å². The van der Waals surface area contributed by atoms with E-state index in [2.05, 4.69) is 15.9 Å². The van der Waals surface area contributed by atoms with Crippen LogP contribution in [-0.4, -0.2) is 17.2 Å². The Morgan fingerprint density at radius 1 is 1.59 bits per heavy atom. The van der Waals surface area contributed by atoms with E-state index in [-0.39, 0.29) is 6.04 Å². The predicted octanol–water partition coefficient (Wildman–Crippen LogP) is 2.71. The molecule has 0 heterocycles. The predicted molar refractivity (Wildman–Crippen MR) is 69.1 cm³/mol. The highest BCUT2D eigenvalue weighted by Gasteiger charge is 2.19. The van der Waals surface area contributed by atoms with Crippen molar-refractivity contribution in [3.63, 3.8) is 0 Å². The van der Waals surface area contributed by atoms with Gasteiger partial charge in [0.05, 0.1) is 0 Å². The molecule has 0 aliphatic rings. The molecule has 1 unspecified atom stereocenters. The normalized spacial score (nSPS) is 14.1. The Hall–Kier alpha value is -1.07. The number of hydrogen-bond donors (Lipinski definition) is 2. The van der Waals surface area contributed by atoms with Gasteiger partial charge in [-0.2, -0.15) is 0 Å². The summed E-state index contributed by atoms with van der Waals surface area (Å²) in [7, 11) is 0. The molecule has 94 valence electrons.